The number of halogens is 1. The first-order valence-corrected chi connectivity index (χ1v) is 7.28. The van der Waals surface area contributed by atoms with Crippen molar-refractivity contribution in [3.63, 3.8) is 0 Å². The van der Waals surface area contributed by atoms with E-state index < -0.39 is 0 Å². The molecule has 5 nitrogen and oxygen atoms in total. The predicted octanol–water partition coefficient (Wildman–Crippen LogP) is 3.07. The lowest BCUT2D eigenvalue weighted by molar-refractivity contribution is 0.0729. The van der Waals surface area contributed by atoms with Crippen molar-refractivity contribution in [2.75, 3.05) is 7.05 Å². The molecule has 6 heteroatoms. The molecule has 21 heavy (non-hydrogen) atoms. The van der Waals surface area contributed by atoms with Crippen LogP contribution in [0.5, 0.6) is 0 Å². The first kappa shape index (κ1) is 15.6. The lowest BCUT2D eigenvalue weighted by atomic mass is 10.1. The third kappa shape index (κ3) is 3.29. The van der Waals surface area contributed by atoms with Crippen molar-refractivity contribution < 1.29 is 9.21 Å². The maximum Gasteiger partial charge on any atom is 0.275 e. The molecule has 0 bridgehead atoms. The van der Waals surface area contributed by atoms with Gasteiger partial charge in [-0.15, -0.1) is 0 Å². The molecule has 2 aromatic rings. The Morgan fingerprint density at radius 2 is 2.29 bits per heavy atom. The maximum atomic E-state index is 12.5. The number of nitrogens with zero attached hydrogens (tertiary/aromatic N) is 3. The molecule has 1 amide bonds. The summed E-state index contributed by atoms with van der Waals surface area (Å²) in [6.07, 6.45) is 3.27. The Kier molecular flexibility index (Phi) is 4.73. The molecule has 114 valence electrons. The van der Waals surface area contributed by atoms with Crippen LogP contribution in [0.15, 0.2) is 22.8 Å². The third-order valence-electron chi connectivity index (χ3n) is 3.83. The van der Waals surface area contributed by atoms with E-state index in [2.05, 4.69) is 5.10 Å². The largest absolute Gasteiger partial charge is 0.469 e. The zero-order valence-corrected chi connectivity index (χ0v) is 13.5. The van der Waals surface area contributed by atoms with E-state index in [0.29, 0.717) is 10.7 Å². The predicted molar refractivity (Wildman–Crippen MR) is 81.5 cm³/mol. The summed E-state index contributed by atoms with van der Waals surface area (Å²) >= 11 is 6.17. The first-order chi connectivity index (χ1) is 9.91. The molecule has 1 atom stereocenters. The van der Waals surface area contributed by atoms with Crippen molar-refractivity contribution in [2.24, 2.45) is 7.05 Å². The van der Waals surface area contributed by atoms with Crippen LogP contribution >= 0.6 is 11.6 Å². The second kappa shape index (κ2) is 6.35. The summed E-state index contributed by atoms with van der Waals surface area (Å²) < 4.78 is 6.93. The van der Waals surface area contributed by atoms with E-state index in [4.69, 9.17) is 16.0 Å². The normalized spacial score (nSPS) is 12.4. The molecule has 2 aromatic heterocycles. The van der Waals surface area contributed by atoms with Crippen molar-refractivity contribution in [3.05, 3.63) is 40.6 Å². The number of aromatic nitrogens is 2. The Morgan fingerprint density at radius 1 is 1.57 bits per heavy atom. The van der Waals surface area contributed by atoms with Crippen LogP contribution < -0.4 is 0 Å². The fourth-order valence-corrected chi connectivity index (χ4v) is 2.33. The number of hydrogen-bond donors (Lipinski definition) is 0. The van der Waals surface area contributed by atoms with Crippen molar-refractivity contribution >= 4 is 17.5 Å². The second-order valence-electron chi connectivity index (χ2n) is 5.25. The van der Waals surface area contributed by atoms with Crippen LogP contribution in [0.25, 0.3) is 0 Å². The van der Waals surface area contributed by atoms with Gasteiger partial charge in [0.15, 0.2) is 5.69 Å². The van der Waals surface area contributed by atoms with Crippen LogP contribution in [0.1, 0.15) is 35.3 Å². The van der Waals surface area contributed by atoms with Gasteiger partial charge in [0.1, 0.15) is 5.76 Å². The van der Waals surface area contributed by atoms with Crippen LogP contribution in [0, 0.1) is 6.92 Å². The molecule has 0 aromatic carbocycles. The lowest BCUT2D eigenvalue weighted by Gasteiger charge is -2.24. The number of carbonyl (C=O) groups excluding carboxylic acids is 1. The van der Waals surface area contributed by atoms with Crippen LogP contribution in [-0.4, -0.2) is 33.7 Å². The molecule has 0 spiro atoms. The molecule has 2 heterocycles. The van der Waals surface area contributed by atoms with Gasteiger partial charge in [0.2, 0.25) is 0 Å². The minimum Gasteiger partial charge on any atom is -0.469 e. The number of furan rings is 1. The van der Waals surface area contributed by atoms with Crippen molar-refractivity contribution in [3.8, 4) is 0 Å². The average molecular weight is 310 g/mol. The van der Waals surface area contributed by atoms with E-state index >= 15 is 0 Å². The highest BCUT2D eigenvalue weighted by Crippen LogP contribution is 2.21. The van der Waals surface area contributed by atoms with Crippen LogP contribution in [0.2, 0.25) is 5.02 Å². The number of aryl methyl sites for hydroxylation is 2. The van der Waals surface area contributed by atoms with E-state index in [1.165, 1.54) is 0 Å². The molecule has 1 unspecified atom stereocenters. The van der Waals surface area contributed by atoms with Gasteiger partial charge in [0.25, 0.3) is 5.91 Å². The van der Waals surface area contributed by atoms with Crippen LogP contribution in [-0.2, 0) is 13.5 Å². The number of amides is 1. The Balaban J connectivity index is 2.02. The smallest absolute Gasteiger partial charge is 0.275 e. The minimum absolute atomic E-state index is 0.0704. The Bertz CT molecular complexity index is 619. The van der Waals surface area contributed by atoms with E-state index in [1.807, 2.05) is 26.0 Å². The highest BCUT2D eigenvalue weighted by Gasteiger charge is 2.24. The number of hydrogen-bond acceptors (Lipinski definition) is 3. The summed E-state index contributed by atoms with van der Waals surface area (Å²) in [6.45, 7) is 3.84. The molecular formula is C15H20ClN3O2. The second-order valence-corrected chi connectivity index (χ2v) is 5.63. The molecule has 0 N–H and O–H groups in total. The topological polar surface area (TPSA) is 51.3 Å². The molecular weight excluding hydrogens is 290 g/mol. The molecule has 0 radical (unpaired) electrons. The van der Waals surface area contributed by atoms with Crippen LogP contribution in [0.4, 0.5) is 0 Å². The summed E-state index contributed by atoms with van der Waals surface area (Å²) in [5.41, 5.74) is 1.10. The Hall–Kier alpha value is -1.75. The quantitative estimate of drug-likeness (QED) is 0.853. The average Bonchev–Trinajstić information content (AvgIpc) is 3.07. The zero-order chi connectivity index (χ0) is 15.6. The highest BCUT2D eigenvalue weighted by atomic mass is 35.5. The molecule has 0 aliphatic heterocycles. The Labute approximate surface area is 129 Å². The van der Waals surface area contributed by atoms with Gasteiger partial charge >= 0.3 is 0 Å². The van der Waals surface area contributed by atoms with Gasteiger partial charge in [0, 0.05) is 26.6 Å². The lowest BCUT2D eigenvalue weighted by Crippen LogP contribution is -2.35. The van der Waals surface area contributed by atoms with E-state index in [0.717, 1.165) is 24.3 Å². The van der Waals surface area contributed by atoms with Crippen LogP contribution in [0.3, 0.4) is 0 Å². The number of carbonyl (C=O) groups is 1. The van der Waals surface area contributed by atoms with Gasteiger partial charge in [-0.05, 0) is 32.4 Å². The summed E-state index contributed by atoms with van der Waals surface area (Å²) in [6, 6.07) is 3.87. The van der Waals surface area contributed by atoms with Gasteiger partial charge in [-0.2, -0.15) is 5.10 Å². The standard InChI is InChI=1S/C15H20ClN3O2/c1-10(7-8-12-6-5-9-21-12)18(3)15(20)14-13(16)11(2)19(4)17-14/h5-6,9-10H,7-8H2,1-4H3. The molecule has 0 saturated carbocycles. The summed E-state index contributed by atoms with van der Waals surface area (Å²) in [5, 5.41) is 4.62. The minimum atomic E-state index is -0.157. The summed E-state index contributed by atoms with van der Waals surface area (Å²) in [5.74, 6) is 0.769. The van der Waals surface area contributed by atoms with Gasteiger partial charge in [-0.25, -0.2) is 0 Å². The van der Waals surface area contributed by atoms with E-state index in [-0.39, 0.29) is 11.9 Å². The number of rotatable bonds is 5. The monoisotopic (exact) mass is 309 g/mol. The van der Waals surface area contributed by atoms with Crippen molar-refractivity contribution in [1.29, 1.82) is 0 Å². The van der Waals surface area contributed by atoms with E-state index in [9.17, 15) is 4.79 Å². The molecule has 2 rings (SSSR count). The van der Waals surface area contributed by atoms with E-state index in [1.54, 1.807) is 29.9 Å². The fourth-order valence-electron chi connectivity index (χ4n) is 2.09. The van der Waals surface area contributed by atoms with Gasteiger partial charge in [0.05, 0.1) is 17.0 Å². The van der Waals surface area contributed by atoms with Crippen molar-refractivity contribution in [1.82, 2.24) is 14.7 Å². The summed E-state index contributed by atoms with van der Waals surface area (Å²) in [7, 11) is 3.55. The van der Waals surface area contributed by atoms with Gasteiger partial charge in [-0.3, -0.25) is 9.48 Å². The first-order valence-electron chi connectivity index (χ1n) is 6.90. The highest BCUT2D eigenvalue weighted by molar-refractivity contribution is 6.34. The van der Waals surface area contributed by atoms with Crippen molar-refractivity contribution in [2.45, 2.75) is 32.7 Å². The summed E-state index contributed by atoms with van der Waals surface area (Å²) in [4.78, 5) is 14.2. The third-order valence-corrected chi connectivity index (χ3v) is 4.29. The molecule has 0 saturated heterocycles. The zero-order valence-electron chi connectivity index (χ0n) is 12.8. The maximum absolute atomic E-state index is 12.5. The molecule has 0 aliphatic rings. The fraction of sp³-hybridized carbons (Fsp3) is 0.467. The SMILES string of the molecule is Cc1c(Cl)c(C(=O)N(C)C(C)CCc2ccco2)nn1C. The molecule has 0 fully saturated rings. The van der Waals surface area contributed by atoms with Gasteiger partial charge in [-0.1, -0.05) is 11.6 Å². The molecule has 0 aliphatic carbocycles. The Morgan fingerprint density at radius 3 is 2.81 bits per heavy atom. The van der Waals surface area contributed by atoms with Gasteiger partial charge < -0.3 is 9.32 Å².